The molecular formula is C15H29N5. The van der Waals surface area contributed by atoms with Gasteiger partial charge in [-0.25, -0.2) is 4.98 Å². The lowest BCUT2D eigenvalue weighted by Crippen LogP contribution is -2.35. The van der Waals surface area contributed by atoms with Gasteiger partial charge in [-0.3, -0.25) is 4.98 Å². The van der Waals surface area contributed by atoms with Crippen LogP contribution in [0.4, 0.5) is 11.6 Å². The van der Waals surface area contributed by atoms with Crippen LogP contribution < -0.4 is 10.2 Å². The maximum atomic E-state index is 4.68. The monoisotopic (exact) mass is 279 g/mol. The number of aromatic nitrogens is 2. The fraction of sp³-hybridized carbons (Fsp3) is 0.733. The largest absolute Gasteiger partial charge is 0.369 e. The van der Waals surface area contributed by atoms with Crippen molar-refractivity contribution in [2.45, 2.75) is 27.2 Å². The van der Waals surface area contributed by atoms with Crippen molar-refractivity contribution in [2.75, 3.05) is 50.5 Å². The molecule has 114 valence electrons. The first kappa shape index (κ1) is 16.7. The Kier molecular flexibility index (Phi) is 7.30. The highest BCUT2D eigenvalue weighted by molar-refractivity contribution is 5.43. The van der Waals surface area contributed by atoms with Crippen LogP contribution >= 0.6 is 0 Å². The zero-order valence-electron chi connectivity index (χ0n) is 13.6. The maximum absolute atomic E-state index is 4.68. The van der Waals surface area contributed by atoms with Crippen molar-refractivity contribution in [1.29, 1.82) is 0 Å². The minimum Gasteiger partial charge on any atom is -0.369 e. The molecule has 1 aromatic rings. The minimum atomic E-state index is 0.603. The van der Waals surface area contributed by atoms with Gasteiger partial charge in [0.15, 0.2) is 0 Å². The summed E-state index contributed by atoms with van der Waals surface area (Å²) in [5.74, 6) is 2.43. The lowest BCUT2D eigenvalue weighted by atomic mass is 10.2. The molecule has 0 radical (unpaired) electrons. The summed E-state index contributed by atoms with van der Waals surface area (Å²) < 4.78 is 0. The van der Waals surface area contributed by atoms with Crippen LogP contribution in [-0.2, 0) is 0 Å². The summed E-state index contributed by atoms with van der Waals surface area (Å²) in [6, 6.07) is 0. The Bertz CT molecular complexity index is 378. The van der Waals surface area contributed by atoms with E-state index in [1.807, 2.05) is 6.20 Å². The lowest BCUT2D eigenvalue weighted by Gasteiger charge is -2.27. The van der Waals surface area contributed by atoms with Gasteiger partial charge >= 0.3 is 0 Å². The van der Waals surface area contributed by atoms with Crippen LogP contribution in [0.5, 0.6) is 0 Å². The molecule has 0 aliphatic rings. The molecule has 1 rings (SSSR count). The zero-order chi connectivity index (χ0) is 15.0. The Balaban J connectivity index is 2.77. The molecule has 0 aromatic carbocycles. The van der Waals surface area contributed by atoms with E-state index in [4.69, 9.17) is 0 Å². The zero-order valence-corrected chi connectivity index (χ0v) is 13.6. The van der Waals surface area contributed by atoms with Gasteiger partial charge < -0.3 is 15.1 Å². The van der Waals surface area contributed by atoms with Crippen molar-refractivity contribution >= 4 is 11.6 Å². The standard InChI is InChI=1S/C15H29N5/c1-6-7-17-14-10-16-11-15(18-14)20(12-13(2)3)9-8-19(4)5/h10-11,13H,6-9,12H2,1-5H3,(H,17,18). The van der Waals surface area contributed by atoms with Crippen LogP contribution in [0.1, 0.15) is 27.2 Å². The molecule has 0 bridgehead atoms. The Morgan fingerprint density at radius 2 is 1.95 bits per heavy atom. The van der Waals surface area contributed by atoms with E-state index in [0.29, 0.717) is 5.92 Å². The van der Waals surface area contributed by atoms with Gasteiger partial charge in [0.25, 0.3) is 0 Å². The van der Waals surface area contributed by atoms with Crippen molar-refractivity contribution in [3.05, 3.63) is 12.4 Å². The smallest absolute Gasteiger partial charge is 0.149 e. The molecule has 0 amide bonds. The maximum Gasteiger partial charge on any atom is 0.149 e. The van der Waals surface area contributed by atoms with Crippen molar-refractivity contribution in [3.63, 3.8) is 0 Å². The first-order valence-electron chi connectivity index (χ1n) is 7.48. The van der Waals surface area contributed by atoms with Gasteiger partial charge in [0, 0.05) is 26.2 Å². The molecule has 20 heavy (non-hydrogen) atoms. The average molecular weight is 279 g/mol. The van der Waals surface area contributed by atoms with Gasteiger partial charge in [-0.2, -0.15) is 0 Å². The Morgan fingerprint density at radius 3 is 2.55 bits per heavy atom. The van der Waals surface area contributed by atoms with E-state index in [-0.39, 0.29) is 0 Å². The van der Waals surface area contributed by atoms with Crippen LogP contribution in [0.3, 0.4) is 0 Å². The molecule has 0 unspecified atom stereocenters. The molecule has 0 spiro atoms. The highest BCUT2D eigenvalue weighted by Gasteiger charge is 2.11. The number of rotatable bonds is 9. The number of hydrogen-bond acceptors (Lipinski definition) is 5. The van der Waals surface area contributed by atoms with E-state index in [9.17, 15) is 0 Å². The molecule has 5 heteroatoms. The third-order valence-corrected chi connectivity index (χ3v) is 2.90. The number of anilines is 2. The highest BCUT2D eigenvalue weighted by atomic mass is 15.2. The minimum absolute atomic E-state index is 0.603. The summed E-state index contributed by atoms with van der Waals surface area (Å²) in [4.78, 5) is 13.5. The van der Waals surface area contributed by atoms with Crippen molar-refractivity contribution in [3.8, 4) is 0 Å². The number of nitrogens with zero attached hydrogens (tertiary/aromatic N) is 4. The summed E-state index contributed by atoms with van der Waals surface area (Å²) in [5, 5.41) is 3.30. The first-order valence-corrected chi connectivity index (χ1v) is 7.48. The van der Waals surface area contributed by atoms with E-state index in [1.165, 1.54) is 0 Å². The second-order valence-electron chi connectivity index (χ2n) is 5.83. The molecule has 1 aromatic heterocycles. The molecule has 0 saturated carbocycles. The number of nitrogens with one attached hydrogen (secondary N) is 1. The van der Waals surface area contributed by atoms with Gasteiger partial charge in [0.05, 0.1) is 12.4 Å². The highest BCUT2D eigenvalue weighted by Crippen LogP contribution is 2.14. The van der Waals surface area contributed by atoms with E-state index in [2.05, 4.69) is 60.0 Å². The number of hydrogen-bond donors (Lipinski definition) is 1. The van der Waals surface area contributed by atoms with Crippen LogP contribution in [0.25, 0.3) is 0 Å². The average Bonchev–Trinajstić information content (AvgIpc) is 2.41. The SMILES string of the molecule is CCCNc1cncc(N(CCN(C)C)CC(C)C)n1. The normalized spacial score (nSPS) is 11.2. The topological polar surface area (TPSA) is 44.3 Å². The number of likely N-dealkylation sites (N-methyl/N-ethyl adjacent to an activating group) is 1. The van der Waals surface area contributed by atoms with Crippen molar-refractivity contribution in [2.24, 2.45) is 5.92 Å². The molecule has 0 fully saturated rings. The quantitative estimate of drug-likeness (QED) is 0.751. The Labute approximate surface area is 123 Å². The molecule has 0 atom stereocenters. The predicted molar refractivity (Wildman–Crippen MR) is 86.4 cm³/mol. The van der Waals surface area contributed by atoms with Gasteiger partial charge in [-0.05, 0) is 26.4 Å². The van der Waals surface area contributed by atoms with E-state index < -0.39 is 0 Å². The van der Waals surface area contributed by atoms with E-state index in [1.54, 1.807) is 6.20 Å². The predicted octanol–water partition coefficient (Wildman–Crippen LogP) is 2.32. The molecule has 0 aliphatic carbocycles. The second-order valence-corrected chi connectivity index (χ2v) is 5.83. The lowest BCUT2D eigenvalue weighted by molar-refractivity contribution is 0.408. The molecule has 1 N–H and O–H groups in total. The Morgan fingerprint density at radius 1 is 1.20 bits per heavy atom. The molecular weight excluding hydrogens is 250 g/mol. The first-order chi connectivity index (χ1) is 9.52. The summed E-state index contributed by atoms with van der Waals surface area (Å²) in [5.41, 5.74) is 0. The fourth-order valence-electron chi connectivity index (χ4n) is 1.91. The van der Waals surface area contributed by atoms with Crippen LogP contribution in [0.15, 0.2) is 12.4 Å². The van der Waals surface area contributed by atoms with Crippen LogP contribution in [0, 0.1) is 5.92 Å². The third kappa shape index (κ3) is 6.19. The van der Waals surface area contributed by atoms with Crippen LogP contribution in [-0.4, -0.2) is 55.1 Å². The van der Waals surface area contributed by atoms with Gasteiger partial charge in [-0.1, -0.05) is 20.8 Å². The summed E-state index contributed by atoms with van der Waals surface area (Å²) in [6.45, 7) is 10.5. The summed E-state index contributed by atoms with van der Waals surface area (Å²) in [6.07, 6.45) is 4.73. The molecule has 0 saturated heterocycles. The Hall–Kier alpha value is -1.36. The summed E-state index contributed by atoms with van der Waals surface area (Å²) >= 11 is 0. The van der Waals surface area contributed by atoms with Crippen molar-refractivity contribution in [1.82, 2.24) is 14.9 Å². The molecule has 1 heterocycles. The molecule has 5 nitrogen and oxygen atoms in total. The van der Waals surface area contributed by atoms with E-state index >= 15 is 0 Å². The second kappa shape index (κ2) is 8.74. The van der Waals surface area contributed by atoms with Gasteiger partial charge in [-0.15, -0.1) is 0 Å². The van der Waals surface area contributed by atoms with Crippen LogP contribution in [0.2, 0.25) is 0 Å². The van der Waals surface area contributed by atoms with E-state index in [0.717, 1.165) is 44.2 Å². The molecule has 0 aliphatic heterocycles. The van der Waals surface area contributed by atoms with Gasteiger partial charge in [0.1, 0.15) is 11.6 Å². The van der Waals surface area contributed by atoms with Crippen molar-refractivity contribution < 1.29 is 0 Å². The fourth-order valence-corrected chi connectivity index (χ4v) is 1.91. The third-order valence-electron chi connectivity index (χ3n) is 2.90. The van der Waals surface area contributed by atoms with Gasteiger partial charge in [0.2, 0.25) is 0 Å². The summed E-state index contributed by atoms with van der Waals surface area (Å²) in [7, 11) is 4.19.